The van der Waals surface area contributed by atoms with Gasteiger partial charge in [0.1, 0.15) is 5.82 Å². The molecule has 1 N–H and O–H groups in total. The average Bonchev–Trinajstić information content (AvgIpc) is 3.17. The number of nitrogens with zero attached hydrogens (tertiary/aromatic N) is 4. The Labute approximate surface area is 175 Å². The number of aryl methyl sites for hydroxylation is 2. The van der Waals surface area contributed by atoms with Crippen LogP contribution in [0.5, 0.6) is 0 Å². The summed E-state index contributed by atoms with van der Waals surface area (Å²) in [5.41, 5.74) is 4.45. The highest BCUT2D eigenvalue weighted by Gasteiger charge is 2.20. The Morgan fingerprint density at radius 1 is 1.14 bits per heavy atom. The molecule has 4 rings (SSSR count). The number of nitrogens with one attached hydrogen (secondary N) is 1. The second-order valence-electron chi connectivity index (χ2n) is 7.36. The first-order chi connectivity index (χ1) is 14.1. The van der Waals surface area contributed by atoms with Crippen molar-refractivity contribution in [2.75, 3.05) is 42.9 Å². The Kier molecular flexibility index (Phi) is 5.87. The molecule has 0 aliphatic carbocycles. The number of benzene rings is 1. The summed E-state index contributed by atoms with van der Waals surface area (Å²) < 4.78 is 0. The van der Waals surface area contributed by atoms with Gasteiger partial charge in [-0.3, -0.25) is 9.69 Å². The zero-order valence-corrected chi connectivity index (χ0v) is 17.6. The molecule has 3 heterocycles. The Bertz CT molecular complexity index is 980. The van der Waals surface area contributed by atoms with Gasteiger partial charge in [0.15, 0.2) is 5.13 Å². The molecule has 6 nitrogen and oxygen atoms in total. The summed E-state index contributed by atoms with van der Waals surface area (Å²) in [6, 6.07) is 12.3. The molecule has 0 spiro atoms. The first-order valence-electron chi connectivity index (χ1n) is 9.80. The fourth-order valence-corrected chi connectivity index (χ4v) is 4.32. The van der Waals surface area contributed by atoms with Gasteiger partial charge in [-0.2, -0.15) is 0 Å². The highest BCUT2D eigenvalue weighted by molar-refractivity contribution is 7.14. The van der Waals surface area contributed by atoms with E-state index in [9.17, 15) is 4.79 Å². The minimum Gasteiger partial charge on any atom is -0.354 e. The summed E-state index contributed by atoms with van der Waals surface area (Å²) in [7, 11) is 0. The highest BCUT2D eigenvalue weighted by atomic mass is 32.1. The monoisotopic (exact) mass is 407 g/mol. The highest BCUT2D eigenvalue weighted by Crippen LogP contribution is 2.28. The van der Waals surface area contributed by atoms with E-state index in [2.05, 4.69) is 57.1 Å². The van der Waals surface area contributed by atoms with Crippen molar-refractivity contribution in [3.63, 3.8) is 0 Å². The first-order valence-corrected chi connectivity index (χ1v) is 10.7. The predicted molar refractivity (Wildman–Crippen MR) is 119 cm³/mol. The molecule has 2 aromatic heterocycles. The largest absolute Gasteiger partial charge is 0.354 e. The molecule has 1 fully saturated rings. The van der Waals surface area contributed by atoms with Crippen LogP contribution in [-0.2, 0) is 4.79 Å². The summed E-state index contributed by atoms with van der Waals surface area (Å²) in [5, 5.41) is 5.60. The molecular formula is C22H25N5OS. The van der Waals surface area contributed by atoms with E-state index in [0.29, 0.717) is 11.7 Å². The minimum atomic E-state index is -0.0159. The van der Waals surface area contributed by atoms with Crippen LogP contribution in [0.2, 0.25) is 0 Å². The summed E-state index contributed by atoms with van der Waals surface area (Å²) in [6.07, 6.45) is 1.82. The van der Waals surface area contributed by atoms with Crippen molar-refractivity contribution in [2.24, 2.45) is 0 Å². The third kappa shape index (κ3) is 4.81. The number of amides is 1. The Morgan fingerprint density at radius 2 is 1.97 bits per heavy atom. The number of piperazine rings is 1. The summed E-state index contributed by atoms with van der Waals surface area (Å²) >= 11 is 1.47. The van der Waals surface area contributed by atoms with E-state index in [1.165, 1.54) is 22.5 Å². The number of hydrogen-bond acceptors (Lipinski definition) is 6. The smallest absolute Gasteiger partial charge is 0.240 e. The van der Waals surface area contributed by atoms with Gasteiger partial charge in [0.05, 0.1) is 12.2 Å². The van der Waals surface area contributed by atoms with Crippen LogP contribution in [0, 0.1) is 13.8 Å². The Hall–Kier alpha value is -2.77. The van der Waals surface area contributed by atoms with Gasteiger partial charge in [-0.15, -0.1) is 11.3 Å². The fourth-order valence-electron chi connectivity index (χ4n) is 3.59. The van der Waals surface area contributed by atoms with Gasteiger partial charge < -0.3 is 10.2 Å². The number of carbonyl (C=O) groups excluding carboxylic acids is 1. The summed E-state index contributed by atoms with van der Waals surface area (Å²) in [5.74, 6) is 0.983. The van der Waals surface area contributed by atoms with E-state index in [-0.39, 0.29) is 5.91 Å². The number of thiazole rings is 1. The Morgan fingerprint density at radius 3 is 2.69 bits per heavy atom. The van der Waals surface area contributed by atoms with Crippen molar-refractivity contribution >= 4 is 28.2 Å². The van der Waals surface area contributed by atoms with Crippen LogP contribution in [-0.4, -0.2) is 53.5 Å². The molecule has 0 bridgehead atoms. The number of anilines is 2. The van der Waals surface area contributed by atoms with Crippen molar-refractivity contribution in [3.8, 4) is 11.3 Å². The van der Waals surface area contributed by atoms with Crippen molar-refractivity contribution in [3.05, 3.63) is 59.1 Å². The van der Waals surface area contributed by atoms with Crippen LogP contribution in [0.4, 0.5) is 10.9 Å². The third-order valence-electron chi connectivity index (χ3n) is 5.12. The van der Waals surface area contributed by atoms with Gasteiger partial charge in [-0.25, -0.2) is 9.97 Å². The van der Waals surface area contributed by atoms with Crippen molar-refractivity contribution in [1.82, 2.24) is 14.9 Å². The van der Waals surface area contributed by atoms with Crippen LogP contribution in [0.1, 0.15) is 11.1 Å². The van der Waals surface area contributed by atoms with Crippen molar-refractivity contribution in [2.45, 2.75) is 13.8 Å². The third-order valence-corrected chi connectivity index (χ3v) is 5.88. The molecular weight excluding hydrogens is 382 g/mol. The van der Waals surface area contributed by atoms with Gasteiger partial charge in [-0.05, 0) is 31.5 Å². The minimum absolute atomic E-state index is 0.0159. The van der Waals surface area contributed by atoms with E-state index in [1.54, 1.807) is 0 Å². The molecule has 0 saturated carbocycles. The van der Waals surface area contributed by atoms with Gasteiger partial charge in [0, 0.05) is 43.3 Å². The molecule has 1 saturated heterocycles. The molecule has 0 atom stereocenters. The molecule has 0 unspecified atom stereocenters. The van der Waals surface area contributed by atoms with Gasteiger partial charge in [0.2, 0.25) is 5.91 Å². The van der Waals surface area contributed by atoms with Crippen molar-refractivity contribution in [1.29, 1.82) is 0 Å². The fraction of sp³-hybridized carbons (Fsp3) is 0.318. The van der Waals surface area contributed by atoms with E-state index in [4.69, 9.17) is 0 Å². The summed E-state index contributed by atoms with van der Waals surface area (Å²) in [4.78, 5) is 25.9. The number of carbonyl (C=O) groups is 1. The van der Waals surface area contributed by atoms with E-state index in [0.717, 1.165) is 43.3 Å². The molecule has 1 amide bonds. The zero-order valence-electron chi connectivity index (χ0n) is 16.8. The lowest BCUT2D eigenvalue weighted by Crippen LogP contribution is -2.48. The number of rotatable bonds is 5. The lowest BCUT2D eigenvalue weighted by molar-refractivity contribution is -0.117. The molecule has 0 radical (unpaired) electrons. The molecule has 150 valence electrons. The van der Waals surface area contributed by atoms with Gasteiger partial charge >= 0.3 is 0 Å². The van der Waals surface area contributed by atoms with Crippen LogP contribution in [0.25, 0.3) is 11.3 Å². The molecule has 1 aliphatic rings. The zero-order chi connectivity index (χ0) is 20.2. The maximum atomic E-state index is 12.5. The second-order valence-corrected chi connectivity index (χ2v) is 8.21. The summed E-state index contributed by atoms with van der Waals surface area (Å²) in [6.45, 7) is 7.99. The van der Waals surface area contributed by atoms with Crippen molar-refractivity contribution < 1.29 is 4.79 Å². The van der Waals surface area contributed by atoms with E-state index < -0.39 is 0 Å². The lowest BCUT2D eigenvalue weighted by atomic mass is 10.0. The topological polar surface area (TPSA) is 61.4 Å². The van der Waals surface area contributed by atoms with Crippen LogP contribution < -0.4 is 10.2 Å². The predicted octanol–water partition coefficient (Wildman–Crippen LogP) is 3.58. The average molecular weight is 408 g/mol. The first kappa shape index (κ1) is 19.5. The maximum absolute atomic E-state index is 12.5. The van der Waals surface area contributed by atoms with Crippen LogP contribution >= 0.6 is 11.3 Å². The SMILES string of the molecule is Cc1ccc(-c2csc(NC(=O)CN3CCN(c4ccccn4)CC3)n2)c(C)c1. The van der Waals surface area contributed by atoms with E-state index in [1.807, 2.05) is 29.8 Å². The second kappa shape index (κ2) is 8.71. The normalized spacial score (nSPS) is 14.8. The lowest BCUT2D eigenvalue weighted by Gasteiger charge is -2.34. The van der Waals surface area contributed by atoms with Gasteiger partial charge in [0.25, 0.3) is 0 Å². The maximum Gasteiger partial charge on any atom is 0.240 e. The molecule has 3 aromatic rings. The van der Waals surface area contributed by atoms with E-state index >= 15 is 0 Å². The standard InChI is InChI=1S/C22H25N5OS/c1-16-6-7-18(17(2)13-16)19-15-29-22(24-19)25-21(28)14-26-9-11-27(12-10-26)20-5-3-4-8-23-20/h3-8,13,15H,9-12,14H2,1-2H3,(H,24,25,28). The van der Waals surface area contributed by atoms with Crippen LogP contribution in [0.3, 0.4) is 0 Å². The molecule has 29 heavy (non-hydrogen) atoms. The molecule has 1 aromatic carbocycles. The Balaban J connectivity index is 1.30. The number of aromatic nitrogens is 2. The molecule has 1 aliphatic heterocycles. The van der Waals surface area contributed by atoms with Gasteiger partial charge in [-0.1, -0.05) is 29.8 Å². The molecule has 7 heteroatoms. The number of hydrogen-bond donors (Lipinski definition) is 1. The quantitative estimate of drug-likeness (QED) is 0.700. The number of pyridine rings is 1. The van der Waals surface area contributed by atoms with Crippen LogP contribution in [0.15, 0.2) is 48.0 Å².